The SMILES string of the molecule is [CH2-][NH2+]Cc1cscn1. The van der Waals surface area contributed by atoms with Crippen LogP contribution in [0.2, 0.25) is 0 Å². The molecule has 2 N–H and O–H groups in total. The van der Waals surface area contributed by atoms with Gasteiger partial charge in [-0.15, -0.1) is 11.3 Å². The molecular weight excluding hydrogens is 120 g/mol. The van der Waals surface area contributed by atoms with Crippen LogP contribution < -0.4 is 5.32 Å². The predicted molar refractivity (Wildman–Crippen MR) is 33.1 cm³/mol. The quantitative estimate of drug-likeness (QED) is 0.558. The van der Waals surface area contributed by atoms with Crippen LogP contribution in [-0.2, 0) is 6.54 Å². The normalized spacial score (nSPS) is 9.62. The molecule has 8 heavy (non-hydrogen) atoms. The fraction of sp³-hybridized carbons (Fsp3) is 0.200. The Morgan fingerprint density at radius 2 is 2.75 bits per heavy atom. The van der Waals surface area contributed by atoms with Crippen LogP contribution >= 0.6 is 11.3 Å². The molecule has 0 aromatic carbocycles. The lowest BCUT2D eigenvalue weighted by Crippen LogP contribution is -2.74. The standard InChI is InChI=1S/C5H8N2S/c1-6-2-5-3-8-4-7-5/h3-4H,1-2,6H2. The molecule has 0 saturated carbocycles. The summed E-state index contributed by atoms with van der Waals surface area (Å²) in [6.07, 6.45) is 0. The summed E-state index contributed by atoms with van der Waals surface area (Å²) in [7, 11) is 3.60. The Bertz CT molecular complexity index is 136. The Balaban J connectivity index is 2.50. The lowest BCUT2D eigenvalue weighted by atomic mass is 10.5. The lowest BCUT2D eigenvalue weighted by Gasteiger charge is -1.91. The molecule has 0 fully saturated rings. The molecule has 3 heteroatoms. The maximum atomic E-state index is 4.05. The van der Waals surface area contributed by atoms with Gasteiger partial charge in [0, 0.05) is 5.38 Å². The molecule has 0 atom stereocenters. The van der Waals surface area contributed by atoms with E-state index in [1.165, 1.54) is 0 Å². The number of quaternary nitrogens is 1. The first-order chi connectivity index (χ1) is 3.93. The molecule has 0 aliphatic heterocycles. The molecule has 0 aliphatic rings. The van der Waals surface area contributed by atoms with Crippen molar-refractivity contribution in [1.82, 2.24) is 4.98 Å². The van der Waals surface area contributed by atoms with E-state index in [0.29, 0.717) is 0 Å². The fourth-order valence-electron chi connectivity index (χ4n) is 0.486. The minimum Gasteiger partial charge on any atom is -0.474 e. The van der Waals surface area contributed by atoms with Crippen LogP contribution in [0.3, 0.4) is 0 Å². The van der Waals surface area contributed by atoms with E-state index >= 15 is 0 Å². The molecule has 1 aromatic heterocycles. The topological polar surface area (TPSA) is 29.5 Å². The van der Waals surface area contributed by atoms with Crippen molar-refractivity contribution >= 4 is 11.3 Å². The van der Waals surface area contributed by atoms with Crippen LogP contribution in [0.5, 0.6) is 0 Å². The highest BCUT2D eigenvalue weighted by Gasteiger charge is 1.88. The summed E-state index contributed by atoms with van der Waals surface area (Å²) in [5, 5.41) is 3.89. The lowest BCUT2D eigenvalue weighted by molar-refractivity contribution is -0.612. The van der Waals surface area contributed by atoms with Crippen molar-refractivity contribution in [3.8, 4) is 0 Å². The maximum Gasteiger partial charge on any atom is 0.103 e. The molecule has 1 heterocycles. The molecule has 1 aromatic rings. The van der Waals surface area contributed by atoms with Gasteiger partial charge >= 0.3 is 0 Å². The predicted octanol–water partition coefficient (Wildman–Crippen LogP) is -0.00191. The molecule has 0 bridgehead atoms. The second kappa shape index (κ2) is 2.79. The number of aromatic nitrogens is 1. The van der Waals surface area contributed by atoms with Crippen molar-refractivity contribution in [2.45, 2.75) is 6.54 Å². The highest BCUT2D eigenvalue weighted by atomic mass is 32.1. The van der Waals surface area contributed by atoms with Crippen LogP contribution in [0.25, 0.3) is 0 Å². The van der Waals surface area contributed by atoms with Crippen LogP contribution in [0.4, 0.5) is 0 Å². The maximum absolute atomic E-state index is 4.05. The molecule has 0 unspecified atom stereocenters. The van der Waals surface area contributed by atoms with Crippen molar-refractivity contribution < 1.29 is 5.32 Å². The van der Waals surface area contributed by atoms with Crippen LogP contribution in [-0.4, -0.2) is 4.98 Å². The first kappa shape index (κ1) is 5.72. The summed E-state index contributed by atoms with van der Waals surface area (Å²) in [4.78, 5) is 4.05. The van der Waals surface area contributed by atoms with Crippen molar-refractivity contribution in [1.29, 1.82) is 0 Å². The average molecular weight is 128 g/mol. The van der Waals surface area contributed by atoms with Crippen molar-refractivity contribution in [2.24, 2.45) is 0 Å². The van der Waals surface area contributed by atoms with Crippen molar-refractivity contribution in [2.75, 3.05) is 0 Å². The van der Waals surface area contributed by atoms with Gasteiger partial charge in [-0.3, -0.25) is 0 Å². The van der Waals surface area contributed by atoms with Crippen molar-refractivity contribution in [3.63, 3.8) is 0 Å². The van der Waals surface area contributed by atoms with Gasteiger partial charge in [-0.2, -0.15) is 7.05 Å². The van der Waals surface area contributed by atoms with E-state index < -0.39 is 0 Å². The monoisotopic (exact) mass is 128 g/mol. The molecule has 44 valence electrons. The molecular formula is C5H8N2S. The zero-order valence-electron chi connectivity index (χ0n) is 4.50. The number of hydrogen-bond acceptors (Lipinski definition) is 2. The Morgan fingerprint density at radius 1 is 1.88 bits per heavy atom. The Morgan fingerprint density at radius 3 is 3.25 bits per heavy atom. The van der Waals surface area contributed by atoms with Gasteiger partial charge in [-0.25, -0.2) is 4.98 Å². The number of hydrogen-bond donors (Lipinski definition) is 1. The third-order valence-electron chi connectivity index (χ3n) is 0.837. The van der Waals surface area contributed by atoms with E-state index in [4.69, 9.17) is 0 Å². The summed E-state index contributed by atoms with van der Waals surface area (Å²) in [5.41, 5.74) is 2.95. The second-order valence-electron chi connectivity index (χ2n) is 1.47. The third-order valence-corrected chi connectivity index (χ3v) is 1.47. The molecule has 0 aliphatic carbocycles. The van der Waals surface area contributed by atoms with E-state index in [1.807, 2.05) is 16.2 Å². The van der Waals surface area contributed by atoms with E-state index in [1.54, 1.807) is 11.3 Å². The zero-order chi connectivity index (χ0) is 5.82. The Labute approximate surface area is 52.6 Å². The Hall–Kier alpha value is -0.410. The number of rotatable bonds is 2. The second-order valence-corrected chi connectivity index (χ2v) is 2.19. The van der Waals surface area contributed by atoms with Gasteiger partial charge < -0.3 is 5.32 Å². The summed E-state index contributed by atoms with van der Waals surface area (Å²) >= 11 is 1.62. The van der Waals surface area contributed by atoms with Gasteiger partial charge in [0.1, 0.15) is 5.69 Å². The molecule has 0 amide bonds. The average Bonchev–Trinajstić information content (AvgIpc) is 2.19. The molecule has 1 rings (SSSR count). The molecule has 2 nitrogen and oxygen atoms in total. The summed E-state index contributed by atoms with van der Waals surface area (Å²) in [5.74, 6) is 0. The Kier molecular flexibility index (Phi) is 2.00. The van der Waals surface area contributed by atoms with Crippen LogP contribution in [0, 0.1) is 7.05 Å². The van der Waals surface area contributed by atoms with E-state index in [2.05, 4.69) is 12.0 Å². The largest absolute Gasteiger partial charge is 0.474 e. The van der Waals surface area contributed by atoms with Gasteiger partial charge in [0.15, 0.2) is 0 Å². The number of nitrogens with two attached hydrogens (primary N) is 1. The van der Waals surface area contributed by atoms with Gasteiger partial charge in [0.25, 0.3) is 0 Å². The van der Waals surface area contributed by atoms with E-state index in [9.17, 15) is 0 Å². The smallest absolute Gasteiger partial charge is 0.103 e. The minimum absolute atomic E-state index is 0.892. The van der Waals surface area contributed by atoms with Gasteiger partial charge in [-0.1, -0.05) is 0 Å². The highest BCUT2D eigenvalue weighted by Crippen LogP contribution is 1.97. The van der Waals surface area contributed by atoms with E-state index in [0.717, 1.165) is 12.2 Å². The van der Waals surface area contributed by atoms with Crippen molar-refractivity contribution in [3.05, 3.63) is 23.6 Å². The first-order valence-electron chi connectivity index (χ1n) is 2.41. The zero-order valence-corrected chi connectivity index (χ0v) is 5.32. The first-order valence-corrected chi connectivity index (χ1v) is 3.35. The van der Waals surface area contributed by atoms with E-state index in [-0.39, 0.29) is 0 Å². The fourth-order valence-corrected chi connectivity index (χ4v) is 1.06. The number of thiazole rings is 1. The molecule has 0 spiro atoms. The minimum atomic E-state index is 0.892. The molecule has 0 radical (unpaired) electrons. The molecule has 0 saturated heterocycles. The van der Waals surface area contributed by atoms with Gasteiger partial charge in [-0.05, 0) is 0 Å². The summed E-state index contributed by atoms with van der Waals surface area (Å²) in [6.45, 7) is 0.892. The number of nitrogens with zero attached hydrogens (tertiary/aromatic N) is 1. The van der Waals surface area contributed by atoms with Gasteiger partial charge in [0.05, 0.1) is 12.1 Å². The summed E-state index contributed by atoms with van der Waals surface area (Å²) < 4.78 is 0. The van der Waals surface area contributed by atoms with Crippen LogP contribution in [0.15, 0.2) is 10.9 Å². The summed E-state index contributed by atoms with van der Waals surface area (Å²) in [6, 6.07) is 0. The van der Waals surface area contributed by atoms with Crippen LogP contribution in [0.1, 0.15) is 5.69 Å². The highest BCUT2D eigenvalue weighted by molar-refractivity contribution is 7.07. The van der Waals surface area contributed by atoms with Gasteiger partial charge in [0.2, 0.25) is 0 Å². The third kappa shape index (κ3) is 1.28.